The van der Waals surface area contributed by atoms with Gasteiger partial charge < -0.3 is 10.5 Å². The molecule has 1 fully saturated rings. The second kappa shape index (κ2) is 6.66. The van der Waals surface area contributed by atoms with Crippen LogP contribution in [0.2, 0.25) is 0 Å². The maximum Gasteiger partial charge on any atom is 0.0504 e. The minimum absolute atomic E-state index is 0.179. The summed E-state index contributed by atoms with van der Waals surface area (Å²) < 4.78 is 5.26. The summed E-state index contributed by atoms with van der Waals surface area (Å²) in [6, 6.07) is 2.76. The number of nitrogens with zero attached hydrogens (tertiary/aromatic N) is 1. The zero-order valence-corrected chi connectivity index (χ0v) is 12.2. The Labute approximate surface area is 114 Å². The fraction of sp³-hybridized carbons (Fsp3) is 0.714. The van der Waals surface area contributed by atoms with Crippen LogP contribution in [0.4, 0.5) is 0 Å². The van der Waals surface area contributed by atoms with E-state index in [1.54, 1.807) is 18.4 Å². The molecule has 2 unspecified atom stereocenters. The molecule has 0 aliphatic carbocycles. The van der Waals surface area contributed by atoms with Gasteiger partial charge in [0, 0.05) is 19.8 Å². The van der Waals surface area contributed by atoms with E-state index in [-0.39, 0.29) is 6.04 Å². The molecule has 0 amide bonds. The number of nitrogens with two attached hydrogens (primary N) is 1. The predicted octanol–water partition coefficient (Wildman–Crippen LogP) is 2.49. The molecule has 3 nitrogen and oxygen atoms in total. The van der Waals surface area contributed by atoms with Gasteiger partial charge >= 0.3 is 0 Å². The summed E-state index contributed by atoms with van der Waals surface area (Å²) in [5, 5.41) is 4.37. The van der Waals surface area contributed by atoms with Crippen LogP contribution in [0.15, 0.2) is 16.8 Å². The van der Waals surface area contributed by atoms with Crippen LogP contribution in [0, 0.1) is 5.92 Å². The van der Waals surface area contributed by atoms with E-state index in [0.717, 1.165) is 25.6 Å². The Kier molecular flexibility index (Phi) is 5.18. The third kappa shape index (κ3) is 3.32. The predicted molar refractivity (Wildman–Crippen MR) is 76.9 cm³/mol. The smallest absolute Gasteiger partial charge is 0.0504 e. The van der Waals surface area contributed by atoms with Gasteiger partial charge in [-0.05, 0) is 61.2 Å². The first-order valence-electron chi connectivity index (χ1n) is 6.73. The molecule has 4 heteroatoms. The normalized spacial score (nSPS) is 21.9. The first-order valence-corrected chi connectivity index (χ1v) is 7.67. The van der Waals surface area contributed by atoms with Gasteiger partial charge in [0.1, 0.15) is 0 Å². The number of rotatable bonds is 5. The highest BCUT2D eigenvalue weighted by molar-refractivity contribution is 7.07. The van der Waals surface area contributed by atoms with E-state index < -0.39 is 0 Å². The maximum absolute atomic E-state index is 6.19. The number of ether oxygens (including phenoxy) is 1. The van der Waals surface area contributed by atoms with Crippen LogP contribution in [0.3, 0.4) is 0 Å². The number of hydrogen-bond acceptors (Lipinski definition) is 4. The van der Waals surface area contributed by atoms with Gasteiger partial charge in [0.05, 0.1) is 6.04 Å². The van der Waals surface area contributed by atoms with Crippen molar-refractivity contribution in [3.63, 3.8) is 0 Å². The van der Waals surface area contributed by atoms with Gasteiger partial charge in [-0.2, -0.15) is 11.3 Å². The number of piperidine rings is 1. The van der Waals surface area contributed by atoms with Crippen molar-refractivity contribution in [2.45, 2.75) is 31.8 Å². The van der Waals surface area contributed by atoms with E-state index in [1.807, 2.05) is 0 Å². The van der Waals surface area contributed by atoms with Gasteiger partial charge in [-0.1, -0.05) is 0 Å². The molecule has 1 aliphatic rings. The standard InChI is InChI=1S/C14H24N2OS/c1-11(15)14(13-5-8-18-10-13)16-6-3-12(4-7-16)9-17-2/h5,8,10-12,14H,3-4,6-7,9,15H2,1-2H3. The molecule has 1 saturated heterocycles. The Morgan fingerprint density at radius 1 is 1.50 bits per heavy atom. The van der Waals surface area contributed by atoms with Crippen LogP contribution >= 0.6 is 11.3 Å². The molecular weight excluding hydrogens is 244 g/mol. The molecule has 2 atom stereocenters. The van der Waals surface area contributed by atoms with Crippen molar-refractivity contribution < 1.29 is 4.74 Å². The van der Waals surface area contributed by atoms with E-state index in [9.17, 15) is 0 Å². The molecule has 0 aromatic carbocycles. The maximum atomic E-state index is 6.19. The van der Waals surface area contributed by atoms with Gasteiger partial charge in [0.2, 0.25) is 0 Å². The van der Waals surface area contributed by atoms with Crippen LogP contribution in [-0.4, -0.2) is 37.7 Å². The Balaban J connectivity index is 1.97. The molecule has 0 saturated carbocycles. The van der Waals surface area contributed by atoms with Gasteiger partial charge in [0.15, 0.2) is 0 Å². The number of methoxy groups -OCH3 is 1. The van der Waals surface area contributed by atoms with Crippen molar-refractivity contribution in [1.29, 1.82) is 0 Å². The minimum Gasteiger partial charge on any atom is -0.384 e. The van der Waals surface area contributed by atoms with E-state index in [1.165, 1.54) is 18.4 Å². The summed E-state index contributed by atoms with van der Waals surface area (Å²) in [5.74, 6) is 0.724. The first kappa shape index (κ1) is 14.0. The highest BCUT2D eigenvalue weighted by atomic mass is 32.1. The van der Waals surface area contributed by atoms with Crippen LogP contribution in [0.5, 0.6) is 0 Å². The highest BCUT2D eigenvalue weighted by Gasteiger charge is 2.28. The van der Waals surface area contributed by atoms with Crippen molar-refractivity contribution in [2.24, 2.45) is 11.7 Å². The van der Waals surface area contributed by atoms with Gasteiger partial charge in [0.25, 0.3) is 0 Å². The average Bonchev–Trinajstić information content (AvgIpc) is 2.85. The van der Waals surface area contributed by atoms with Crippen LogP contribution in [-0.2, 0) is 4.74 Å². The Morgan fingerprint density at radius 2 is 2.22 bits per heavy atom. The number of thiophene rings is 1. The molecule has 0 radical (unpaired) electrons. The summed E-state index contributed by atoms with van der Waals surface area (Å²) in [4.78, 5) is 2.54. The monoisotopic (exact) mass is 268 g/mol. The van der Waals surface area contributed by atoms with E-state index >= 15 is 0 Å². The third-order valence-electron chi connectivity index (χ3n) is 3.83. The lowest BCUT2D eigenvalue weighted by atomic mass is 9.93. The molecular formula is C14H24N2OS. The molecule has 0 spiro atoms. The Morgan fingerprint density at radius 3 is 2.72 bits per heavy atom. The largest absolute Gasteiger partial charge is 0.384 e. The van der Waals surface area contributed by atoms with Crippen LogP contribution in [0.25, 0.3) is 0 Å². The van der Waals surface area contributed by atoms with Crippen molar-refractivity contribution in [2.75, 3.05) is 26.8 Å². The summed E-state index contributed by atoms with van der Waals surface area (Å²) in [6.45, 7) is 5.28. The quantitative estimate of drug-likeness (QED) is 0.891. The van der Waals surface area contributed by atoms with E-state index in [4.69, 9.17) is 10.5 Å². The minimum atomic E-state index is 0.179. The fourth-order valence-electron chi connectivity index (χ4n) is 2.92. The van der Waals surface area contributed by atoms with Crippen LogP contribution in [0.1, 0.15) is 31.4 Å². The topological polar surface area (TPSA) is 38.5 Å². The first-order chi connectivity index (χ1) is 8.72. The summed E-state index contributed by atoms with van der Waals surface area (Å²) in [7, 11) is 1.79. The fourth-order valence-corrected chi connectivity index (χ4v) is 3.61. The van der Waals surface area contributed by atoms with Crippen molar-refractivity contribution in [3.05, 3.63) is 22.4 Å². The lowest BCUT2D eigenvalue weighted by Crippen LogP contribution is -2.44. The summed E-state index contributed by atoms with van der Waals surface area (Å²) in [5.41, 5.74) is 7.57. The number of likely N-dealkylation sites (tertiary alicyclic amines) is 1. The van der Waals surface area contributed by atoms with E-state index in [2.05, 4.69) is 28.7 Å². The molecule has 18 heavy (non-hydrogen) atoms. The molecule has 1 aromatic heterocycles. The molecule has 2 N–H and O–H groups in total. The van der Waals surface area contributed by atoms with Gasteiger partial charge in [-0.15, -0.1) is 0 Å². The second-order valence-corrected chi connectivity index (χ2v) is 6.08. The van der Waals surface area contributed by atoms with Crippen molar-refractivity contribution in [3.8, 4) is 0 Å². The van der Waals surface area contributed by atoms with Crippen LogP contribution < -0.4 is 5.73 Å². The summed E-state index contributed by atoms with van der Waals surface area (Å²) in [6.07, 6.45) is 2.45. The van der Waals surface area contributed by atoms with Gasteiger partial charge in [-0.25, -0.2) is 0 Å². The molecule has 1 aromatic rings. The number of hydrogen-bond donors (Lipinski definition) is 1. The lowest BCUT2D eigenvalue weighted by Gasteiger charge is -2.39. The van der Waals surface area contributed by atoms with Crippen molar-refractivity contribution >= 4 is 11.3 Å². The third-order valence-corrected chi connectivity index (χ3v) is 4.53. The molecule has 2 rings (SSSR count). The summed E-state index contributed by atoms with van der Waals surface area (Å²) >= 11 is 1.76. The zero-order chi connectivity index (χ0) is 13.0. The Bertz CT molecular complexity index is 332. The lowest BCUT2D eigenvalue weighted by molar-refractivity contribution is 0.0737. The van der Waals surface area contributed by atoms with Crippen molar-refractivity contribution in [1.82, 2.24) is 4.90 Å². The highest BCUT2D eigenvalue weighted by Crippen LogP contribution is 2.30. The van der Waals surface area contributed by atoms with Gasteiger partial charge in [-0.3, -0.25) is 4.90 Å². The average molecular weight is 268 g/mol. The molecule has 1 aliphatic heterocycles. The van der Waals surface area contributed by atoms with E-state index in [0.29, 0.717) is 6.04 Å². The SMILES string of the molecule is COCC1CCN(C(c2ccsc2)C(C)N)CC1. The molecule has 2 heterocycles. The Hall–Kier alpha value is -0.420. The second-order valence-electron chi connectivity index (χ2n) is 5.30. The zero-order valence-electron chi connectivity index (χ0n) is 11.3. The molecule has 0 bridgehead atoms. The molecule has 102 valence electrons.